The summed E-state index contributed by atoms with van der Waals surface area (Å²) in [6, 6.07) is 1.85. The van der Waals surface area contributed by atoms with Crippen molar-refractivity contribution in [3.8, 4) is 0 Å². The number of aliphatic hydroxyl groups excluding tert-OH is 1. The Morgan fingerprint density at radius 2 is 2.08 bits per heavy atom. The van der Waals surface area contributed by atoms with Crippen LogP contribution in [0.4, 0.5) is 0 Å². The van der Waals surface area contributed by atoms with Gasteiger partial charge in [-0.05, 0) is 30.2 Å². The number of aromatic amines is 1. The SMILES string of the molecule is CC(C)c1cc(C(=O)N2C[C@@H](CN3CCOCC3)C[C@H](CO)C2)n[nH]1. The van der Waals surface area contributed by atoms with Crippen LogP contribution < -0.4 is 0 Å². The summed E-state index contributed by atoms with van der Waals surface area (Å²) in [6.07, 6.45) is 0.968. The summed E-state index contributed by atoms with van der Waals surface area (Å²) in [6.45, 7) is 10.0. The number of carbonyl (C=O) groups is 1. The van der Waals surface area contributed by atoms with Gasteiger partial charge in [0.25, 0.3) is 5.91 Å². The minimum Gasteiger partial charge on any atom is -0.396 e. The first-order valence-corrected chi connectivity index (χ1v) is 9.32. The Bertz CT molecular complexity index is 568. The number of hydrogen-bond donors (Lipinski definition) is 2. The van der Waals surface area contributed by atoms with E-state index < -0.39 is 0 Å². The smallest absolute Gasteiger partial charge is 0.274 e. The number of piperidine rings is 1. The van der Waals surface area contributed by atoms with Gasteiger partial charge in [-0.3, -0.25) is 14.8 Å². The third-order valence-electron chi connectivity index (χ3n) is 5.23. The highest BCUT2D eigenvalue weighted by molar-refractivity contribution is 5.92. The van der Waals surface area contributed by atoms with E-state index in [9.17, 15) is 9.90 Å². The van der Waals surface area contributed by atoms with E-state index in [1.54, 1.807) is 0 Å². The lowest BCUT2D eigenvalue weighted by Crippen LogP contribution is -2.49. The maximum absolute atomic E-state index is 12.9. The van der Waals surface area contributed by atoms with Crippen LogP contribution in [0.3, 0.4) is 0 Å². The molecular weight excluding hydrogens is 320 g/mol. The molecule has 0 spiro atoms. The van der Waals surface area contributed by atoms with Crippen molar-refractivity contribution in [2.24, 2.45) is 11.8 Å². The van der Waals surface area contributed by atoms with Crippen LogP contribution in [-0.2, 0) is 4.74 Å². The number of nitrogens with one attached hydrogen (secondary N) is 1. The molecule has 7 nitrogen and oxygen atoms in total. The first-order valence-electron chi connectivity index (χ1n) is 9.32. The molecule has 2 aliphatic rings. The molecule has 140 valence electrons. The summed E-state index contributed by atoms with van der Waals surface area (Å²) in [7, 11) is 0. The number of aromatic nitrogens is 2. The third-order valence-corrected chi connectivity index (χ3v) is 5.23. The van der Waals surface area contributed by atoms with Gasteiger partial charge in [0.05, 0.1) is 13.2 Å². The van der Waals surface area contributed by atoms with Gasteiger partial charge in [0.15, 0.2) is 0 Å². The average molecular weight is 350 g/mol. The van der Waals surface area contributed by atoms with Crippen molar-refractivity contribution < 1.29 is 14.6 Å². The van der Waals surface area contributed by atoms with Gasteiger partial charge >= 0.3 is 0 Å². The van der Waals surface area contributed by atoms with Crippen molar-refractivity contribution in [1.82, 2.24) is 20.0 Å². The monoisotopic (exact) mass is 350 g/mol. The van der Waals surface area contributed by atoms with E-state index in [0.29, 0.717) is 24.1 Å². The van der Waals surface area contributed by atoms with Gasteiger partial charge in [-0.2, -0.15) is 5.10 Å². The number of morpholine rings is 1. The molecule has 3 rings (SSSR count). The number of rotatable bonds is 5. The van der Waals surface area contributed by atoms with Crippen LogP contribution in [0.15, 0.2) is 6.07 Å². The first-order chi connectivity index (χ1) is 12.1. The van der Waals surface area contributed by atoms with E-state index >= 15 is 0 Å². The second kappa shape index (κ2) is 8.29. The topological polar surface area (TPSA) is 81.7 Å². The number of hydrogen-bond acceptors (Lipinski definition) is 5. The Morgan fingerprint density at radius 1 is 1.36 bits per heavy atom. The quantitative estimate of drug-likeness (QED) is 0.826. The predicted octanol–water partition coefficient (Wildman–Crippen LogP) is 0.936. The van der Waals surface area contributed by atoms with Crippen LogP contribution in [0.25, 0.3) is 0 Å². The van der Waals surface area contributed by atoms with Crippen molar-refractivity contribution in [3.05, 3.63) is 17.5 Å². The van der Waals surface area contributed by atoms with E-state index in [2.05, 4.69) is 28.9 Å². The molecule has 2 fully saturated rings. The van der Waals surface area contributed by atoms with Crippen LogP contribution in [0, 0.1) is 11.8 Å². The average Bonchev–Trinajstić information content (AvgIpc) is 3.12. The lowest BCUT2D eigenvalue weighted by Gasteiger charge is -2.39. The standard InChI is InChI=1S/C18H30N4O3/c1-13(2)16-8-17(20-19-16)18(24)22-10-14(7-15(11-22)12-23)9-21-3-5-25-6-4-21/h8,13-15,23H,3-7,9-12H2,1-2H3,(H,19,20)/t14-,15+/m1/s1. The Balaban J connectivity index is 1.65. The van der Waals surface area contributed by atoms with Gasteiger partial charge in [0.2, 0.25) is 0 Å². The second-order valence-electron chi connectivity index (χ2n) is 7.64. The van der Waals surface area contributed by atoms with Gasteiger partial charge in [0.1, 0.15) is 5.69 Å². The van der Waals surface area contributed by atoms with E-state index in [1.165, 1.54) is 0 Å². The molecular formula is C18H30N4O3. The van der Waals surface area contributed by atoms with E-state index in [4.69, 9.17) is 4.74 Å². The molecule has 1 aromatic heterocycles. The molecule has 2 N–H and O–H groups in total. The fourth-order valence-corrected chi connectivity index (χ4v) is 3.80. The van der Waals surface area contributed by atoms with Crippen molar-refractivity contribution in [2.75, 3.05) is 52.5 Å². The van der Waals surface area contributed by atoms with Gasteiger partial charge in [0, 0.05) is 45.0 Å². The zero-order valence-corrected chi connectivity index (χ0v) is 15.3. The molecule has 25 heavy (non-hydrogen) atoms. The fourth-order valence-electron chi connectivity index (χ4n) is 3.80. The first kappa shape index (κ1) is 18.4. The summed E-state index contributed by atoms with van der Waals surface area (Å²) >= 11 is 0. The van der Waals surface area contributed by atoms with Crippen LogP contribution in [0.5, 0.6) is 0 Å². The van der Waals surface area contributed by atoms with Crippen LogP contribution >= 0.6 is 0 Å². The number of ether oxygens (including phenoxy) is 1. The van der Waals surface area contributed by atoms with Crippen LogP contribution in [0.2, 0.25) is 0 Å². The molecule has 1 aromatic rings. The fraction of sp³-hybridized carbons (Fsp3) is 0.778. The highest BCUT2D eigenvalue weighted by atomic mass is 16.5. The molecule has 0 radical (unpaired) electrons. The van der Waals surface area contributed by atoms with Crippen molar-refractivity contribution in [3.63, 3.8) is 0 Å². The lowest BCUT2D eigenvalue weighted by molar-refractivity contribution is 0.0129. The molecule has 0 unspecified atom stereocenters. The Morgan fingerprint density at radius 3 is 2.72 bits per heavy atom. The van der Waals surface area contributed by atoms with Crippen molar-refractivity contribution in [1.29, 1.82) is 0 Å². The molecule has 0 bridgehead atoms. The zero-order valence-electron chi connectivity index (χ0n) is 15.3. The molecule has 0 aliphatic carbocycles. The molecule has 0 saturated carbocycles. The molecule has 3 heterocycles. The Labute approximate surface area is 149 Å². The lowest BCUT2D eigenvalue weighted by atomic mass is 9.89. The molecule has 7 heteroatoms. The van der Waals surface area contributed by atoms with Gasteiger partial charge in [-0.15, -0.1) is 0 Å². The van der Waals surface area contributed by atoms with Crippen LogP contribution in [0.1, 0.15) is 42.4 Å². The van der Waals surface area contributed by atoms with Crippen molar-refractivity contribution >= 4 is 5.91 Å². The Kier molecular flexibility index (Phi) is 6.09. The summed E-state index contributed by atoms with van der Waals surface area (Å²) in [5.41, 5.74) is 1.45. The van der Waals surface area contributed by atoms with E-state index in [-0.39, 0.29) is 18.4 Å². The molecule has 1 amide bonds. The maximum Gasteiger partial charge on any atom is 0.274 e. The van der Waals surface area contributed by atoms with Gasteiger partial charge in [-0.25, -0.2) is 0 Å². The second-order valence-corrected chi connectivity index (χ2v) is 7.64. The highest BCUT2D eigenvalue weighted by Gasteiger charge is 2.32. The summed E-state index contributed by atoms with van der Waals surface area (Å²) in [5, 5.41) is 16.8. The van der Waals surface area contributed by atoms with E-state index in [0.717, 1.165) is 51.5 Å². The largest absolute Gasteiger partial charge is 0.396 e. The number of H-pyrrole nitrogens is 1. The minimum atomic E-state index is -0.0340. The van der Waals surface area contributed by atoms with Crippen LogP contribution in [-0.4, -0.2) is 83.6 Å². The number of likely N-dealkylation sites (tertiary alicyclic amines) is 1. The number of carbonyl (C=O) groups excluding carboxylic acids is 1. The normalized spacial score (nSPS) is 25.5. The van der Waals surface area contributed by atoms with Gasteiger partial charge < -0.3 is 14.7 Å². The third kappa shape index (κ3) is 4.59. The summed E-state index contributed by atoms with van der Waals surface area (Å²) < 4.78 is 5.41. The number of aliphatic hydroxyl groups is 1. The summed E-state index contributed by atoms with van der Waals surface area (Å²) in [5.74, 6) is 0.812. The van der Waals surface area contributed by atoms with Crippen molar-refractivity contribution in [2.45, 2.75) is 26.2 Å². The Hall–Kier alpha value is -1.44. The van der Waals surface area contributed by atoms with E-state index in [1.807, 2.05) is 11.0 Å². The number of nitrogens with zero attached hydrogens (tertiary/aromatic N) is 3. The molecule has 0 aromatic carbocycles. The minimum absolute atomic E-state index is 0.0340. The predicted molar refractivity (Wildman–Crippen MR) is 94.5 cm³/mol. The molecule has 2 saturated heterocycles. The molecule has 2 atom stereocenters. The maximum atomic E-state index is 12.9. The highest BCUT2D eigenvalue weighted by Crippen LogP contribution is 2.24. The number of amides is 1. The van der Waals surface area contributed by atoms with Gasteiger partial charge in [-0.1, -0.05) is 13.8 Å². The molecule has 2 aliphatic heterocycles. The zero-order chi connectivity index (χ0) is 17.8. The summed E-state index contributed by atoms with van der Waals surface area (Å²) in [4.78, 5) is 17.1.